The number of hydrogen-bond acceptors (Lipinski definition) is 3. The minimum absolute atomic E-state index is 0.322. The van der Waals surface area contributed by atoms with Gasteiger partial charge in [-0.2, -0.15) is 0 Å². The Morgan fingerprint density at radius 1 is 1.53 bits per heavy atom. The Kier molecular flexibility index (Phi) is 3.59. The van der Waals surface area contributed by atoms with Crippen molar-refractivity contribution in [2.75, 3.05) is 13.2 Å². The van der Waals surface area contributed by atoms with Gasteiger partial charge >= 0.3 is 0 Å². The van der Waals surface area contributed by atoms with Crippen LogP contribution in [-0.2, 0) is 11.2 Å². The molecule has 0 bridgehead atoms. The first-order valence-corrected chi connectivity index (χ1v) is 5.87. The zero-order valence-corrected chi connectivity index (χ0v) is 9.70. The van der Waals surface area contributed by atoms with Gasteiger partial charge < -0.3 is 4.74 Å². The molecule has 1 unspecified atom stereocenters. The lowest BCUT2D eigenvalue weighted by atomic mass is 10.1. The fourth-order valence-corrected chi connectivity index (χ4v) is 2.26. The molecule has 1 aromatic heterocycles. The molecule has 1 aromatic rings. The van der Waals surface area contributed by atoms with Crippen molar-refractivity contribution in [2.24, 2.45) is 0 Å². The fraction of sp³-hybridized carbons (Fsp3) is 0.800. The van der Waals surface area contributed by atoms with Crippen LogP contribution >= 0.6 is 11.6 Å². The van der Waals surface area contributed by atoms with E-state index in [1.54, 1.807) is 0 Å². The van der Waals surface area contributed by atoms with Crippen molar-refractivity contribution in [3.05, 3.63) is 11.1 Å². The molecule has 1 fully saturated rings. The maximum atomic E-state index is 6.05. The van der Waals surface area contributed by atoms with Crippen LogP contribution in [0.5, 0.6) is 0 Å². The lowest BCUT2D eigenvalue weighted by Crippen LogP contribution is -2.23. The topological polar surface area (TPSA) is 39.9 Å². The molecule has 0 amide bonds. The van der Waals surface area contributed by atoms with E-state index in [2.05, 4.69) is 17.1 Å². The smallest absolute Gasteiger partial charge is 0.225 e. The number of hydrogen-bond donors (Lipinski definition) is 0. The third-order valence-electron chi connectivity index (χ3n) is 2.70. The number of aromatic nitrogens is 3. The van der Waals surface area contributed by atoms with Crippen molar-refractivity contribution in [1.82, 2.24) is 14.8 Å². The van der Waals surface area contributed by atoms with Crippen LogP contribution in [0.15, 0.2) is 0 Å². The molecule has 5 heteroatoms. The summed E-state index contributed by atoms with van der Waals surface area (Å²) in [6.45, 7) is 3.72. The quantitative estimate of drug-likeness (QED) is 0.798. The molecule has 1 atom stereocenters. The number of nitrogens with zero attached hydrogens (tertiary/aromatic N) is 3. The van der Waals surface area contributed by atoms with E-state index in [0.29, 0.717) is 11.3 Å². The van der Waals surface area contributed by atoms with Gasteiger partial charge in [-0.25, -0.2) is 0 Å². The van der Waals surface area contributed by atoms with Gasteiger partial charge in [0.2, 0.25) is 5.28 Å². The molecule has 2 heterocycles. The van der Waals surface area contributed by atoms with Gasteiger partial charge in [0.15, 0.2) is 0 Å². The third kappa shape index (κ3) is 2.32. The van der Waals surface area contributed by atoms with Crippen LogP contribution in [-0.4, -0.2) is 28.0 Å². The zero-order valence-electron chi connectivity index (χ0n) is 8.95. The van der Waals surface area contributed by atoms with E-state index in [9.17, 15) is 0 Å². The number of rotatable bonds is 3. The molecular weight excluding hydrogens is 214 g/mol. The van der Waals surface area contributed by atoms with E-state index in [-0.39, 0.29) is 0 Å². The second-order valence-electron chi connectivity index (χ2n) is 3.88. The summed E-state index contributed by atoms with van der Waals surface area (Å²) in [5.74, 6) is 0.984. The van der Waals surface area contributed by atoms with Gasteiger partial charge in [-0.15, -0.1) is 10.2 Å². The molecule has 15 heavy (non-hydrogen) atoms. The zero-order chi connectivity index (χ0) is 10.7. The average Bonchev–Trinajstić information content (AvgIpc) is 2.62. The lowest BCUT2D eigenvalue weighted by molar-refractivity contribution is 0.0582. The van der Waals surface area contributed by atoms with Crippen molar-refractivity contribution >= 4 is 11.6 Å². The van der Waals surface area contributed by atoms with Crippen molar-refractivity contribution in [1.29, 1.82) is 0 Å². The van der Waals surface area contributed by atoms with E-state index in [1.807, 2.05) is 4.57 Å². The second-order valence-corrected chi connectivity index (χ2v) is 4.21. The molecule has 1 aliphatic heterocycles. The standard InChI is InChI=1S/C10H16ClN3O/c1-2-4-9-12-13-10(11)14(9)8-5-3-6-15-7-8/h8H,2-7H2,1H3. The monoisotopic (exact) mass is 229 g/mol. The highest BCUT2D eigenvalue weighted by Crippen LogP contribution is 2.24. The number of aryl methyl sites for hydroxylation is 1. The highest BCUT2D eigenvalue weighted by molar-refractivity contribution is 6.28. The molecule has 0 aromatic carbocycles. The molecular formula is C10H16ClN3O. The maximum absolute atomic E-state index is 6.05. The van der Waals surface area contributed by atoms with Crippen LogP contribution in [0.2, 0.25) is 5.28 Å². The SMILES string of the molecule is CCCc1nnc(Cl)n1C1CCCOC1. The molecule has 2 rings (SSSR count). The predicted octanol–water partition coefficient (Wildman–Crippen LogP) is 2.24. The Labute approximate surface area is 94.6 Å². The molecule has 84 valence electrons. The maximum Gasteiger partial charge on any atom is 0.225 e. The molecule has 0 aliphatic carbocycles. The van der Waals surface area contributed by atoms with Crippen LogP contribution in [0.25, 0.3) is 0 Å². The highest BCUT2D eigenvalue weighted by atomic mass is 35.5. The Morgan fingerprint density at radius 2 is 2.40 bits per heavy atom. The lowest BCUT2D eigenvalue weighted by Gasteiger charge is -2.24. The normalized spacial score (nSPS) is 21.9. The van der Waals surface area contributed by atoms with Gasteiger partial charge in [-0.05, 0) is 30.9 Å². The predicted molar refractivity (Wildman–Crippen MR) is 58.1 cm³/mol. The van der Waals surface area contributed by atoms with Crippen LogP contribution < -0.4 is 0 Å². The summed E-state index contributed by atoms with van der Waals surface area (Å²) in [7, 11) is 0. The largest absolute Gasteiger partial charge is 0.379 e. The van der Waals surface area contributed by atoms with Crippen molar-refractivity contribution in [3.63, 3.8) is 0 Å². The summed E-state index contributed by atoms with van der Waals surface area (Å²) in [6, 6.07) is 0.322. The van der Waals surface area contributed by atoms with Gasteiger partial charge in [0, 0.05) is 13.0 Å². The average molecular weight is 230 g/mol. The summed E-state index contributed by atoms with van der Waals surface area (Å²) >= 11 is 6.05. The van der Waals surface area contributed by atoms with Gasteiger partial charge in [-0.3, -0.25) is 4.57 Å². The Bertz CT molecular complexity index is 320. The van der Waals surface area contributed by atoms with E-state index >= 15 is 0 Å². The summed E-state index contributed by atoms with van der Waals surface area (Å²) < 4.78 is 7.49. The van der Waals surface area contributed by atoms with Gasteiger partial charge in [0.05, 0.1) is 12.6 Å². The fourth-order valence-electron chi connectivity index (χ4n) is 1.98. The minimum atomic E-state index is 0.322. The Morgan fingerprint density at radius 3 is 3.07 bits per heavy atom. The Hall–Kier alpha value is -0.610. The molecule has 1 aliphatic rings. The van der Waals surface area contributed by atoms with Crippen LogP contribution in [0.4, 0.5) is 0 Å². The van der Waals surface area contributed by atoms with Crippen LogP contribution in [0.3, 0.4) is 0 Å². The molecule has 0 radical (unpaired) electrons. The summed E-state index contributed by atoms with van der Waals surface area (Å²) in [6.07, 6.45) is 4.18. The van der Waals surface area contributed by atoms with Gasteiger partial charge in [0.25, 0.3) is 0 Å². The molecule has 1 saturated heterocycles. The first kappa shape index (κ1) is 10.9. The summed E-state index contributed by atoms with van der Waals surface area (Å²) in [4.78, 5) is 0. The molecule has 4 nitrogen and oxygen atoms in total. The summed E-state index contributed by atoms with van der Waals surface area (Å²) in [5.41, 5.74) is 0. The first-order chi connectivity index (χ1) is 7.33. The summed E-state index contributed by atoms with van der Waals surface area (Å²) in [5, 5.41) is 8.53. The van der Waals surface area contributed by atoms with Crippen LogP contribution in [0, 0.1) is 0 Å². The van der Waals surface area contributed by atoms with Gasteiger partial charge in [-0.1, -0.05) is 6.92 Å². The molecule has 0 N–H and O–H groups in total. The van der Waals surface area contributed by atoms with Crippen molar-refractivity contribution in [2.45, 2.75) is 38.6 Å². The van der Waals surface area contributed by atoms with Gasteiger partial charge in [0.1, 0.15) is 5.82 Å². The number of ether oxygens (including phenoxy) is 1. The highest BCUT2D eigenvalue weighted by Gasteiger charge is 2.21. The van der Waals surface area contributed by atoms with Crippen molar-refractivity contribution in [3.8, 4) is 0 Å². The van der Waals surface area contributed by atoms with E-state index < -0.39 is 0 Å². The van der Waals surface area contributed by atoms with Crippen molar-refractivity contribution < 1.29 is 4.74 Å². The number of halogens is 1. The van der Waals surface area contributed by atoms with E-state index in [1.165, 1.54) is 0 Å². The first-order valence-electron chi connectivity index (χ1n) is 5.50. The third-order valence-corrected chi connectivity index (χ3v) is 2.96. The second kappa shape index (κ2) is 4.94. The van der Waals surface area contributed by atoms with Crippen LogP contribution in [0.1, 0.15) is 38.1 Å². The van der Waals surface area contributed by atoms with E-state index in [4.69, 9.17) is 16.3 Å². The van der Waals surface area contributed by atoms with E-state index in [0.717, 1.165) is 44.7 Å². The minimum Gasteiger partial charge on any atom is -0.379 e. The molecule has 0 spiro atoms. The molecule has 0 saturated carbocycles. The Balaban J connectivity index is 2.19.